The predicted molar refractivity (Wildman–Crippen MR) is 209 cm³/mol. The van der Waals surface area contributed by atoms with E-state index in [2.05, 4.69) is 0 Å². The molecular formula is C46H34O6Si. The van der Waals surface area contributed by atoms with Gasteiger partial charge in [-0.15, -0.1) is 0 Å². The highest BCUT2D eigenvalue weighted by Gasteiger charge is 2.50. The summed E-state index contributed by atoms with van der Waals surface area (Å²) in [5, 5.41) is 4.30. The van der Waals surface area contributed by atoms with E-state index in [9.17, 15) is 19.2 Å². The van der Waals surface area contributed by atoms with Crippen molar-refractivity contribution in [3.63, 3.8) is 0 Å². The smallest absolute Gasteiger partial charge is 0.505 e. The summed E-state index contributed by atoms with van der Waals surface area (Å²) < 4.78 is 14.8. The summed E-state index contributed by atoms with van der Waals surface area (Å²) in [6.45, 7) is 3.97. The van der Waals surface area contributed by atoms with Crippen LogP contribution in [0.1, 0.15) is 81.0 Å². The molecule has 0 spiro atoms. The first-order valence-electron chi connectivity index (χ1n) is 18.1. The van der Waals surface area contributed by atoms with Crippen LogP contribution in [0.3, 0.4) is 0 Å². The van der Waals surface area contributed by atoms with Gasteiger partial charge in [0.25, 0.3) is 0 Å². The molecule has 3 aliphatic rings. The molecule has 0 saturated carbocycles. The molecule has 9 rings (SSSR count). The minimum absolute atomic E-state index is 0.205. The zero-order valence-electron chi connectivity index (χ0n) is 29.3. The molecule has 0 amide bonds. The normalized spacial score (nSPS) is 15.7. The lowest BCUT2D eigenvalue weighted by molar-refractivity contribution is 0.0982. The molecule has 0 aromatic heterocycles. The van der Waals surface area contributed by atoms with Gasteiger partial charge in [-0.25, -0.2) is 0 Å². The van der Waals surface area contributed by atoms with Gasteiger partial charge in [0.1, 0.15) is 11.5 Å². The van der Waals surface area contributed by atoms with E-state index in [4.69, 9.17) is 8.85 Å². The Morgan fingerprint density at radius 1 is 0.472 bits per heavy atom. The van der Waals surface area contributed by atoms with E-state index >= 15 is 0 Å². The fourth-order valence-corrected chi connectivity index (χ4v) is 11.3. The number of carbonyl (C=O) groups excluding carboxylic acids is 4. The first-order valence-corrected chi connectivity index (χ1v) is 19.9. The quantitative estimate of drug-likeness (QED) is 0.161. The van der Waals surface area contributed by atoms with Gasteiger partial charge in [-0.3, -0.25) is 19.2 Å². The van der Waals surface area contributed by atoms with Gasteiger partial charge < -0.3 is 8.85 Å². The van der Waals surface area contributed by atoms with E-state index in [0.29, 0.717) is 92.5 Å². The number of ketones is 4. The van der Waals surface area contributed by atoms with E-state index in [1.807, 2.05) is 111 Å². The summed E-state index contributed by atoms with van der Waals surface area (Å²) in [7, 11) is -3.67. The SMILES string of the molecule is CCCC1=CC(=O)c2ccc3ccc4c(c3c2C1=O)-c1c(ccc2ccc3c(c12)C(=O)C(CCC)=CC3=O)O[Si](c1ccccc1)(c1ccccc1)O4. The Morgan fingerprint density at radius 2 is 0.868 bits per heavy atom. The molecule has 6 aromatic carbocycles. The Kier molecular flexibility index (Phi) is 7.71. The first kappa shape index (κ1) is 32.7. The molecular weight excluding hydrogens is 677 g/mol. The number of Topliss-reactive ketones (excluding diaryl/α,β-unsaturated/α-hetero) is 2. The van der Waals surface area contributed by atoms with Crippen LogP contribution >= 0.6 is 0 Å². The molecule has 53 heavy (non-hydrogen) atoms. The summed E-state index contributed by atoms with van der Waals surface area (Å²) in [4.78, 5) is 56.5. The van der Waals surface area contributed by atoms with Gasteiger partial charge in [-0.1, -0.05) is 112 Å². The second kappa shape index (κ2) is 12.5. The lowest BCUT2D eigenvalue weighted by Gasteiger charge is -2.31. The molecule has 6 aromatic rings. The Balaban J connectivity index is 1.48. The number of fused-ring (bicyclic) bond motifs is 11. The van der Waals surface area contributed by atoms with Crippen LogP contribution in [0.2, 0.25) is 0 Å². The number of hydrogen-bond acceptors (Lipinski definition) is 6. The Labute approximate surface area is 307 Å². The van der Waals surface area contributed by atoms with Gasteiger partial charge in [-0.05, 0) is 60.0 Å². The van der Waals surface area contributed by atoms with Crippen LogP contribution in [0, 0.1) is 0 Å². The van der Waals surface area contributed by atoms with Gasteiger partial charge in [0.2, 0.25) is 0 Å². The molecule has 0 fully saturated rings. The molecule has 6 nitrogen and oxygen atoms in total. The highest BCUT2D eigenvalue weighted by atomic mass is 28.4. The monoisotopic (exact) mass is 710 g/mol. The third-order valence-corrected chi connectivity index (χ3v) is 13.8. The van der Waals surface area contributed by atoms with Crippen LogP contribution < -0.4 is 19.2 Å². The van der Waals surface area contributed by atoms with Crippen LogP contribution in [0.15, 0.2) is 132 Å². The average Bonchev–Trinajstić information content (AvgIpc) is 3.34. The van der Waals surface area contributed by atoms with Gasteiger partial charge in [-0.2, -0.15) is 0 Å². The number of hydrogen-bond donors (Lipinski definition) is 0. The average molecular weight is 711 g/mol. The van der Waals surface area contributed by atoms with Crippen LogP contribution in [-0.4, -0.2) is 31.7 Å². The minimum Gasteiger partial charge on any atom is -0.505 e. The molecule has 0 bridgehead atoms. The molecule has 258 valence electrons. The Hall–Kier alpha value is -6.18. The number of carbonyl (C=O) groups is 4. The number of allylic oxidation sites excluding steroid dienone is 4. The third kappa shape index (κ3) is 4.91. The standard InChI is InChI=1S/C46H34O6Si/c1-3-11-29-25-35(47)33-21-17-27-19-23-37-43(39(27)41(33)45(29)49)44-38(52-53(51-37,31-13-7-5-8-14-31)32-15-9-6-10-16-32)24-20-28-18-22-34-36(48)26-30(12-4-2)46(50)42(34)40(28)44/h5-10,13-26H,3-4,11-12H2,1-2H3. The summed E-state index contributed by atoms with van der Waals surface area (Å²) in [5.41, 5.74) is 3.30. The van der Waals surface area contributed by atoms with E-state index in [1.165, 1.54) is 12.2 Å². The van der Waals surface area contributed by atoms with Crippen molar-refractivity contribution < 1.29 is 28.0 Å². The Morgan fingerprint density at radius 3 is 1.26 bits per heavy atom. The molecule has 0 unspecified atom stereocenters. The second-order valence-corrected chi connectivity index (χ2v) is 16.6. The van der Waals surface area contributed by atoms with Crippen LogP contribution in [-0.2, 0) is 0 Å². The molecule has 1 heterocycles. The molecule has 1 aliphatic heterocycles. The highest BCUT2D eigenvalue weighted by molar-refractivity contribution is 6.93. The van der Waals surface area contributed by atoms with Crippen molar-refractivity contribution in [2.75, 3.05) is 0 Å². The molecule has 7 heteroatoms. The maximum Gasteiger partial charge on any atom is 0.531 e. The predicted octanol–water partition coefficient (Wildman–Crippen LogP) is 8.90. The largest absolute Gasteiger partial charge is 0.531 e. The summed E-state index contributed by atoms with van der Waals surface area (Å²) in [6.07, 6.45) is 5.26. The van der Waals surface area contributed by atoms with Gasteiger partial charge in [0, 0.05) is 65.7 Å². The van der Waals surface area contributed by atoms with Crippen molar-refractivity contribution in [2.24, 2.45) is 0 Å². The van der Waals surface area contributed by atoms with E-state index in [0.717, 1.165) is 21.1 Å². The van der Waals surface area contributed by atoms with Crippen molar-refractivity contribution in [1.82, 2.24) is 0 Å². The minimum atomic E-state index is -3.67. The fraction of sp³-hybridized carbons (Fsp3) is 0.130. The van der Waals surface area contributed by atoms with Gasteiger partial charge in [0.05, 0.1) is 0 Å². The van der Waals surface area contributed by atoms with Crippen LogP contribution in [0.4, 0.5) is 0 Å². The van der Waals surface area contributed by atoms with E-state index in [1.54, 1.807) is 12.1 Å². The Bertz CT molecular complexity index is 2470. The van der Waals surface area contributed by atoms with Gasteiger partial charge in [0.15, 0.2) is 23.1 Å². The highest BCUT2D eigenvalue weighted by Crippen LogP contribution is 2.52. The summed E-state index contributed by atoms with van der Waals surface area (Å²) >= 11 is 0. The van der Waals surface area contributed by atoms with E-state index in [-0.39, 0.29) is 23.1 Å². The lowest BCUT2D eigenvalue weighted by Crippen LogP contribution is -2.68. The van der Waals surface area contributed by atoms with Crippen molar-refractivity contribution in [2.45, 2.75) is 39.5 Å². The first-order chi connectivity index (χ1) is 25.8. The topological polar surface area (TPSA) is 86.7 Å². The molecule has 0 radical (unpaired) electrons. The van der Waals surface area contributed by atoms with E-state index < -0.39 is 8.56 Å². The zero-order chi connectivity index (χ0) is 36.4. The van der Waals surface area contributed by atoms with Crippen molar-refractivity contribution in [3.8, 4) is 22.6 Å². The lowest BCUT2D eigenvalue weighted by atomic mass is 9.79. The molecule has 0 atom stereocenters. The number of rotatable bonds is 6. The van der Waals surface area contributed by atoms with Crippen molar-refractivity contribution >= 4 is 63.6 Å². The fourth-order valence-electron chi connectivity index (χ4n) is 8.23. The maximum atomic E-state index is 14.5. The summed E-state index contributed by atoms with van der Waals surface area (Å²) in [5.74, 6) is 0.0549. The van der Waals surface area contributed by atoms with Crippen molar-refractivity contribution in [3.05, 3.63) is 155 Å². The maximum absolute atomic E-state index is 14.5. The third-order valence-electron chi connectivity index (χ3n) is 10.6. The van der Waals surface area contributed by atoms with Crippen molar-refractivity contribution in [1.29, 1.82) is 0 Å². The van der Waals surface area contributed by atoms with Crippen LogP contribution in [0.5, 0.6) is 11.5 Å². The number of benzene rings is 6. The zero-order valence-corrected chi connectivity index (χ0v) is 30.3. The second-order valence-electron chi connectivity index (χ2n) is 13.8. The van der Waals surface area contributed by atoms with Gasteiger partial charge >= 0.3 is 8.56 Å². The summed E-state index contributed by atoms with van der Waals surface area (Å²) in [6, 6.07) is 34.5. The molecule has 2 aliphatic carbocycles. The molecule has 0 N–H and O–H groups in total. The molecule has 0 saturated heterocycles. The van der Waals surface area contributed by atoms with Crippen LogP contribution in [0.25, 0.3) is 32.7 Å².